The molecule has 0 aliphatic heterocycles. The van der Waals surface area contributed by atoms with Gasteiger partial charge < -0.3 is 15.5 Å². The Kier molecular flexibility index (Phi) is 3.60. The highest BCUT2D eigenvalue weighted by Gasteiger charge is 2.22. The Bertz CT molecular complexity index is 384. The molecule has 1 aromatic heterocycles. The average molecular weight is 211 g/mol. The molecule has 3 N–H and O–H groups in total. The van der Waals surface area contributed by atoms with Crippen molar-refractivity contribution < 1.29 is 4.74 Å². The van der Waals surface area contributed by atoms with Crippen LogP contribution in [0.15, 0.2) is 10.9 Å². The molecule has 0 spiro atoms. The van der Waals surface area contributed by atoms with E-state index < -0.39 is 5.60 Å². The van der Waals surface area contributed by atoms with Crippen molar-refractivity contribution in [2.45, 2.75) is 25.9 Å². The van der Waals surface area contributed by atoms with Crippen molar-refractivity contribution in [3.05, 3.63) is 27.9 Å². The summed E-state index contributed by atoms with van der Waals surface area (Å²) in [6, 6.07) is 1.46. The number of nitrogens with one attached hydrogen (secondary N) is 1. The highest BCUT2D eigenvalue weighted by molar-refractivity contribution is 5.07. The molecule has 0 unspecified atom stereocenters. The molecule has 0 aromatic carbocycles. The number of hydrogen-bond acceptors (Lipinski definition) is 4. The lowest BCUT2D eigenvalue weighted by Gasteiger charge is -2.21. The summed E-state index contributed by atoms with van der Waals surface area (Å²) in [5, 5.41) is 0. The van der Waals surface area contributed by atoms with E-state index in [-0.39, 0.29) is 5.56 Å². The fourth-order valence-corrected chi connectivity index (χ4v) is 1.17. The number of aromatic amines is 1. The molecule has 1 rings (SSSR count). The molecule has 5 nitrogen and oxygen atoms in total. The molecule has 0 radical (unpaired) electrons. The third kappa shape index (κ3) is 2.87. The van der Waals surface area contributed by atoms with Gasteiger partial charge in [0.25, 0.3) is 5.56 Å². The molecule has 84 valence electrons. The van der Waals surface area contributed by atoms with Crippen molar-refractivity contribution >= 4 is 0 Å². The van der Waals surface area contributed by atoms with Crippen LogP contribution in [0.2, 0.25) is 0 Å². The second kappa shape index (κ2) is 4.55. The second-order valence-electron chi connectivity index (χ2n) is 3.84. The van der Waals surface area contributed by atoms with Crippen LogP contribution in [0.25, 0.3) is 0 Å². The monoisotopic (exact) mass is 211 g/mol. The van der Waals surface area contributed by atoms with E-state index in [1.54, 1.807) is 7.11 Å². The molecule has 0 aliphatic carbocycles. The van der Waals surface area contributed by atoms with Gasteiger partial charge in [-0.3, -0.25) is 4.79 Å². The summed E-state index contributed by atoms with van der Waals surface area (Å²) in [6.07, 6.45) is 0.594. The lowest BCUT2D eigenvalue weighted by Crippen LogP contribution is -2.27. The van der Waals surface area contributed by atoms with Crippen molar-refractivity contribution in [1.29, 1.82) is 0 Å². The lowest BCUT2D eigenvalue weighted by molar-refractivity contribution is 0.0111. The summed E-state index contributed by atoms with van der Waals surface area (Å²) in [5.74, 6) is 0.529. The van der Waals surface area contributed by atoms with Crippen LogP contribution in [0, 0.1) is 0 Å². The highest BCUT2D eigenvalue weighted by Crippen LogP contribution is 2.18. The fraction of sp³-hybridized carbons (Fsp3) is 0.600. The molecular formula is C10H17N3O2. The maximum atomic E-state index is 11.4. The number of rotatable bonds is 4. The molecule has 0 bridgehead atoms. The smallest absolute Gasteiger partial charge is 0.251 e. The minimum Gasteiger partial charge on any atom is -0.371 e. The molecule has 0 atom stereocenters. The number of aromatic nitrogens is 2. The summed E-state index contributed by atoms with van der Waals surface area (Å²) in [5.41, 5.74) is 5.35. The Morgan fingerprint density at radius 3 is 2.80 bits per heavy atom. The fourth-order valence-electron chi connectivity index (χ4n) is 1.17. The van der Waals surface area contributed by atoms with Crippen LogP contribution in [0.3, 0.4) is 0 Å². The van der Waals surface area contributed by atoms with Crippen LogP contribution < -0.4 is 11.3 Å². The van der Waals surface area contributed by atoms with Gasteiger partial charge in [-0.05, 0) is 20.4 Å². The van der Waals surface area contributed by atoms with Crippen molar-refractivity contribution in [3.63, 3.8) is 0 Å². The van der Waals surface area contributed by atoms with Crippen LogP contribution in [0.4, 0.5) is 0 Å². The van der Waals surface area contributed by atoms with Gasteiger partial charge in [0.1, 0.15) is 11.4 Å². The molecule has 1 heterocycles. The van der Waals surface area contributed by atoms with Crippen LogP contribution in [0.5, 0.6) is 0 Å². The average Bonchev–Trinajstić information content (AvgIpc) is 2.17. The number of H-pyrrole nitrogens is 1. The van der Waals surface area contributed by atoms with Gasteiger partial charge in [-0.15, -0.1) is 0 Å². The zero-order valence-corrected chi connectivity index (χ0v) is 9.33. The predicted molar refractivity (Wildman–Crippen MR) is 57.7 cm³/mol. The number of hydrogen-bond donors (Lipinski definition) is 2. The number of nitrogens with two attached hydrogens (primary N) is 1. The van der Waals surface area contributed by atoms with E-state index in [2.05, 4.69) is 9.97 Å². The van der Waals surface area contributed by atoms with E-state index in [4.69, 9.17) is 10.5 Å². The number of nitrogens with zero attached hydrogens (tertiary/aromatic N) is 1. The van der Waals surface area contributed by atoms with E-state index in [9.17, 15) is 4.79 Å². The molecule has 5 heteroatoms. The van der Waals surface area contributed by atoms with E-state index in [1.165, 1.54) is 6.07 Å². The topological polar surface area (TPSA) is 81.0 Å². The van der Waals surface area contributed by atoms with Gasteiger partial charge in [0, 0.05) is 25.3 Å². The summed E-state index contributed by atoms with van der Waals surface area (Å²) in [6.45, 7) is 4.16. The summed E-state index contributed by atoms with van der Waals surface area (Å²) in [7, 11) is 1.58. The summed E-state index contributed by atoms with van der Waals surface area (Å²) >= 11 is 0. The maximum Gasteiger partial charge on any atom is 0.251 e. The maximum absolute atomic E-state index is 11.4. The van der Waals surface area contributed by atoms with E-state index >= 15 is 0 Å². The highest BCUT2D eigenvalue weighted by atomic mass is 16.5. The van der Waals surface area contributed by atoms with Gasteiger partial charge in [-0.25, -0.2) is 4.98 Å². The zero-order chi connectivity index (χ0) is 11.5. The van der Waals surface area contributed by atoms with E-state index in [0.29, 0.717) is 24.5 Å². The van der Waals surface area contributed by atoms with Gasteiger partial charge in [0.15, 0.2) is 0 Å². The van der Waals surface area contributed by atoms with Crippen LogP contribution in [0.1, 0.15) is 25.4 Å². The molecular weight excluding hydrogens is 194 g/mol. The Hall–Kier alpha value is -1.20. The standard InChI is InChI=1S/C10H17N3O2/c1-10(2,15-3)9-12-7(4-5-11)6-8(14)13-9/h6H,4-5,11H2,1-3H3,(H,12,13,14). The first-order chi connectivity index (χ1) is 6.99. The van der Waals surface area contributed by atoms with Crippen LogP contribution in [-0.4, -0.2) is 23.6 Å². The first-order valence-corrected chi connectivity index (χ1v) is 4.85. The van der Waals surface area contributed by atoms with E-state index in [0.717, 1.165) is 0 Å². The Morgan fingerprint density at radius 1 is 1.60 bits per heavy atom. The number of methoxy groups -OCH3 is 1. The van der Waals surface area contributed by atoms with Gasteiger partial charge in [-0.1, -0.05) is 0 Å². The van der Waals surface area contributed by atoms with Crippen molar-refractivity contribution in [1.82, 2.24) is 9.97 Å². The van der Waals surface area contributed by atoms with Gasteiger partial charge in [0.05, 0.1) is 0 Å². The summed E-state index contributed by atoms with van der Waals surface area (Å²) < 4.78 is 5.25. The lowest BCUT2D eigenvalue weighted by atomic mass is 10.1. The third-order valence-electron chi connectivity index (χ3n) is 2.28. The zero-order valence-electron chi connectivity index (χ0n) is 9.33. The minimum atomic E-state index is -0.593. The molecule has 0 amide bonds. The van der Waals surface area contributed by atoms with Crippen molar-refractivity contribution in [2.75, 3.05) is 13.7 Å². The van der Waals surface area contributed by atoms with Gasteiger partial charge in [0.2, 0.25) is 0 Å². The Labute approximate surface area is 88.7 Å². The SMILES string of the molecule is COC(C)(C)c1nc(CCN)cc(=O)[nH]1. The minimum absolute atomic E-state index is 0.173. The second-order valence-corrected chi connectivity index (χ2v) is 3.84. The predicted octanol–water partition coefficient (Wildman–Crippen LogP) is 0.153. The third-order valence-corrected chi connectivity index (χ3v) is 2.28. The molecule has 0 aliphatic rings. The number of ether oxygens (including phenoxy) is 1. The van der Waals surface area contributed by atoms with E-state index in [1.807, 2.05) is 13.8 Å². The quantitative estimate of drug-likeness (QED) is 0.743. The molecule has 1 aromatic rings. The van der Waals surface area contributed by atoms with Gasteiger partial charge >= 0.3 is 0 Å². The Balaban J connectivity index is 3.14. The van der Waals surface area contributed by atoms with Gasteiger partial charge in [-0.2, -0.15) is 0 Å². The first kappa shape index (κ1) is 11.9. The molecule has 0 fully saturated rings. The Morgan fingerprint density at radius 2 is 2.27 bits per heavy atom. The molecule has 15 heavy (non-hydrogen) atoms. The molecule has 0 saturated heterocycles. The summed E-state index contributed by atoms with van der Waals surface area (Å²) in [4.78, 5) is 18.3. The van der Waals surface area contributed by atoms with Crippen molar-refractivity contribution in [2.24, 2.45) is 5.73 Å². The largest absolute Gasteiger partial charge is 0.371 e. The first-order valence-electron chi connectivity index (χ1n) is 4.85. The molecule has 0 saturated carbocycles. The van der Waals surface area contributed by atoms with Crippen molar-refractivity contribution in [3.8, 4) is 0 Å². The normalized spacial score (nSPS) is 11.7. The van der Waals surface area contributed by atoms with Crippen LogP contribution >= 0.6 is 0 Å². The van der Waals surface area contributed by atoms with Crippen LogP contribution in [-0.2, 0) is 16.8 Å².